The van der Waals surface area contributed by atoms with Gasteiger partial charge in [-0.15, -0.1) is 12.4 Å². The van der Waals surface area contributed by atoms with E-state index in [-0.39, 0.29) is 12.4 Å². The molecule has 1 heterocycles. The lowest BCUT2D eigenvalue weighted by atomic mass is 9.85. The molecule has 0 aromatic rings. The fourth-order valence-corrected chi connectivity index (χ4v) is 1.89. The molecule has 1 nitrogen and oxygen atoms in total. The molecule has 0 saturated carbocycles. The summed E-state index contributed by atoms with van der Waals surface area (Å²) in [5, 5.41) is 3.42. The van der Waals surface area contributed by atoms with E-state index >= 15 is 0 Å². The second kappa shape index (κ2) is 2.93. The Hall–Kier alpha value is -0.0100. The van der Waals surface area contributed by atoms with Crippen LogP contribution in [0.3, 0.4) is 0 Å². The summed E-state index contributed by atoms with van der Waals surface area (Å²) in [7, 11) is 0. The predicted molar refractivity (Wildman–Crippen MR) is 45.5 cm³/mol. The fourth-order valence-electron chi connectivity index (χ4n) is 1.89. The minimum atomic E-state index is 0. The summed E-state index contributed by atoms with van der Waals surface area (Å²) in [6, 6.07) is 0. The van der Waals surface area contributed by atoms with E-state index in [9.17, 15) is 0 Å². The minimum absolute atomic E-state index is 0. The van der Waals surface area contributed by atoms with Crippen LogP contribution in [0, 0.1) is 5.41 Å². The molecule has 2 rings (SSSR count). The maximum atomic E-state index is 3.42. The van der Waals surface area contributed by atoms with Crippen LogP contribution in [0.1, 0.15) is 19.3 Å². The SMILES string of the molecule is C1=CCC2(C1)CCNC2.Cl. The van der Waals surface area contributed by atoms with E-state index in [0.29, 0.717) is 5.41 Å². The molecule has 1 N–H and O–H groups in total. The van der Waals surface area contributed by atoms with Crippen LogP contribution in [0.25, 0.3) is 0 Å². The van der Waals surface area contributed by atoms with E-state index in [1.54, 1.807) is 0 Å². The van der Waals surface area contributed by atoms with Crippen molar-refractivity contribution >= 4 is 12.4 Å². The Morgan fingerprint density at radius 1 is 1.20 bits per heavy atom. The summed E-state index contributed by atoms with van der Waals surface area (Å²) >= 11 is 0. The molecular formula is C8H14ClN. The smallest absolute Gasteiger partial charge is 0.00142 e. The van der Waals surface area contributed by atoms with Crippen LogP contribution in [0.2, 0.25) is 0 Å². The van der Waals surface area contributed by atoms with Crippen molar-refractivity contribution in [3.8, 4) is 0 Å². The quantitative estimate of drug-likeness (QED) is 0.531. The van der Waals surface area contributed by atoms with E-state index in [1.807, 2.05) is 0 Å². The summed E-state index contributed by atoms with van der Waals surface area (Å²) in [5.74, 6) is 0. The lowest BCUT2D eigenvalue weighted by Gasteiger charge is -2.19. The molecular weight excluding hydrogens is 146 g/mol. The van der Waals surface area contributed by atoms with E-state index in [0.717, 1.165) is 0 Å². The molecule has 1 saturated heterocycles. The normalized spacial score (nSPS) is 27.2. The second-order valence-electron chi connectivity index (χ2n) is 3.31. The Labute approximate surface area is 68.3 Å². The van der Waals surface area contributed by atoms with Gasteiger partial charge in [0.25, 0.3) is 0 Å². The van der Waals surface area contributed by atoms with E-state index < -0.39 is 0 Å². The highest BCUT2D eigenvalue weighted by atomic mass is 35.5. The van der Waals surface area contributed by atoms with Crippen molar-refractivity contribution in [2.45, 2.75) is 19.3 Å². The highest BCUT2D eigenvalue weighted by molar-refractivity contribution is 5.85. The van der Waals surface area contributed by atoms with Crippen molar-refractivity contribution in [2.24, 2.45) is 5.41 Å². The summed E-state index contributed by atoms with van der Waals surface area (Å²) < 4.78 is 0. The first-order valence-electron chi connectivity index (χ1n) is 3.77. The maximum Gasteiger partial charge on any atom is 0.00142 e. The zero-order chi connectivity index (χ0) is 6.16. The first kappa shape index (κ1) is 8.09. The van der Waals surface area contributed by atoms with Crippen LogP contribution in [-0.4, -0.2) is 13.1 Å². The van der Waals surface area contributed by atoms with E-state index in [4.69, 9.17) is 0 Å². The molecule has 10 heavy (non-hydrogen) atoms. The van der Waals surface area contributed by atoms with Gasteiger partial charge in [-0.05, 0) is 31.2 Å². The monoisotopic (exact) mass is 159 g/mol. The number of hydrogen-bond donors (Lipinski definition) is 1. The van der Waals surface area contributed by atoms with Gasteiger partial charge in [0.2, 0.25) is 0 Å². The number of hydrogen-bond acceptors (Lipinski definition) is 1. The zero-order valence-corrected chi connectivity index (χ0v) is 6.91. The van der Waals surface area contributed by atoms with Gasteiger partial charge in [0.1, 0.15) is 0 Å². The van der Waals surface area contributed by atoms with E-state index in [2.05, 4.69) is 17.5 Å². The standard InChI is InChI=1S/C8H13N.ClH/c1-2-4-8(3-1)5-6-9-7-8;/h1-2,9H,3-7H2;1H. The lowest BCUT2D eigenvalue weighted by molar-refractivity contribution is 0.351. The molecule has 0 amide bonds. The van der Waals surface area contributed by atoms with Crippen molar-refractivity contribution in [1.82, 2.24) is 5.32 Å². The molecule has 0 radical (unpaired) electrons. The van der Waals surface area contributed by atoms with Crippen molar-refractivity contribution < 1.29 is 0 Å². The number of nitrogens with one attached hydrogen (secondary N) is 1. The molecule has 0 bridgehead atoms. The number of allylic oxidation sites excluding steroid dienone is 2. The van der Waals surface area contributed by atoms with Crippen molar-refractivity contribution in [1.29, 1.82) is 0 Å². The van der Waals surface area contributed by atoms with Crippen LogP contribution in [0.5, 0.6) is 0 Å². The van der Waals surface area contributed by atoms with Gasteiger partial charge in [0, 0.05) is 6.54 Å². The largest absolute Gasteiger partial charge is 0.316 e. The van der Waals surface area contributed by atoms with Gasteiger partial charge in [-0.1, -0.05) is 12.2 Å². The van der Waals surface area contributed by atoms with Gasteiger partial charge >= 0.3 is 0 Å². The third kappa shape index (κ3) is 1.21. The predicted octanol–water partition coefficient (Wildman–Crippen LogP) is 1.74. The molecule has 2 aliphatic rings. The zero-order valence-electron chi connectivity index (χ0n) is 6.10. The summed E-state index contributed by atoms with van der Waals surface area (Å²) in [5.41, 5.74) is 0.667. The first-order chi connectivity index (χ1) is 4.41. The van der Waals surface area contributed by atoms with Crippen molar-refractivity contribution in [3.63, 3.8) is 0 Å². The summed E-state index contributed by atoms with van der Waals surface area (Å²) in [6.45, 7) is 2.49. The van der Waals surface area contributed by atoms with Crippen LogP contribution >= 0.6 is 12.4 Å². The Bertz CT molecular complexity index is 126. The van der Waals surface area contributed by atoms with Crippen LogP contribution in [0.15, 0.2) is 12.2 Å². The molecule has 1 aliphatic heterocycles. The molecule has 58 valence electrons. The van der Waals surface area contributed by atoms with Gasteiger partial charge in [-0.2, -0.15) is 0 Å². The fraction of sp³-hybridized carbons (Fsp3) is 0.750. The highest BCUT2D eigenvalue weighted by Crippen LogP contribution is 2.38. The highest BCUT2D eigenvalue weighted by Gasteiger charge is 2.33. The lowest BCUT2D eigenvalue weighted by Crippen LogP contribution is -2.19. The van der Waals surface area contributed by atoms with Crippen LogP contribution < -0.4 is 5.32 Å². The Balaban J connectivity index is 0.000000500. The molecule has 1 fully saturated rings. The Morgan fingerprint density at radius 3 is 2.40 bits per heavy atom. The third-order valence-electron chi connectivity index (χ3n) is 2.60. The van der Waals surface area contributed by atoms with Gasteiger partial charge in [-0.25, -0.2) is 0 Å². The first-order valence-corrected chi connectivity index (χ1v) is 3.77. The molecule has 0 aromatic heterocycles. The van der Waals surface area contributed by atoms with E-state index in [1.165, 1.54) is 32.4 Å². The summed E-state index contributed by atoms with van der Waals surface area (Å²) in [6.07, 6.45) is 8.68. The Kier molecular flexibility index (Phi) is 2.37. The third-order valence-corrected chi connectivity index (χ3v) is 2.60. The average molecular weight is 160 g/mol. The molecule has 0 atom stereocenters. The van der Waals surface area contributed by atoms with Crippen LogP contribution in [0.4, 0.5) is 0 Å². The minimum Gasteiger partial charge on any atom is -0.316 e. The van der Waals surface area contributed by atoms with Crippen molar-refractivity contribution in [3.05, 3.63) is 12.2 Å². The number of halogens is 1. The van der Waals surface area contributed by atoms with Gasteiger partial charge in [-0.3, -0.25) is 0 Å². The molecule has 2 heteroatoms. The maximum absolute atomic E-state index is 3.42. The topological polar surface area (TPSA) is 12.0 Å². The summed E-state index contributed by atoms with van der Waals surface area (Å²) in [4.78, 5) is 0. The van der Waals surface area contributed by atoms with Gasteiger partial charge in [0.05, 0.1) is 0 Å². The van der Waals surface area contributed by atoms with Crippen molar-refractivity contribution in [2.75, 3.05) is 13.1 Å². The molecule has 1 aliphatic carbocycles. The Morgan fingerprint density at radius 2 is 1.90 bits per heavy atom. The van der Waals surface area contributed by atoms with Gasteiger partial charge < -0.3 is 5.32 Å². The molecule has 0 aromatic carbocycles. The van der Waals surface area contributed by atoms with Crippen LogP contribution in [-0.2, 0) is 0 Å². The second-order valence-corrected chi connectivity index (χ2v) is 3.31. The number of rotatable bonds is 0. The molecule has 1 spiro atoms. The molecule has 0 unspecified atom stereocenters. The average Bonchev–Trinajstić information content (AvgIpc) is 2.45. The van der Waals surface area contributed by atoms with Gasteiger partial charge in [0.15, 0.2) is 0 Å².